The van der Waals surface area contributed by atoms with E-state index in [9.17, 15) is 0 Å². The Bertz CT molecular complexity index is 11.5. The van der Waals surface area contributed by atoms with Crippen LogP contribution in [0, 0.1) is 0 Å². The maximum absolute atomic E-state index is 3.24. The fourth-order valence-corrected chi connectivity index (χ4v) is 0. The topological polar surface area (TPSA) is 0 Å². The van der Waals surface area contributed by atoms with Crippen molar-refractivity contribution in [2.24, 2.45) is 0 Å². The van der Waals surface area contributed by atoms with Gasteiger partial charge < -0.3 is 18.5 Å². The summed E-state index contributed by atoms with van der Waals surface area (Å²) in [6.07, 6.45) is 2.08. The Morgan fingerprint density at radius 2 is 1.00 bits per heavy atom. The van der Waals surface area contributed by atoms with Gasteiger partial charge in [0.05, 0.1) is 0 Å². The van der Waals surface area contributed by atoms with Crippen LogP contribution in [0.25, 0.3) is 0 Å². The molecule has 0 aliphatic carbocycles. The molecule has 0 saturated carbocycles. The minimum absolute atomic E-state index is 0. The molecule has 26 valence electrons. The van der Waals surface area contributed by atoms with E-state index >= 15 is 0 Å². The van der Waals surface area contributed by atoms with Crippen LogP contribution in [0.3, 0.4) is 0 Å². The van der Waals surface area contributed by atoms with Gasteiger partial charge in [0, 0.05) is 0 Å². The van der Waals surface area contributed by atoms with E-state index in [0.717, 1.165) is 12.3 Å². The zero-order valence-electron chi connectivity index (χ0n) is 4.41. The molecule has 0 rings (SSSR count). The van der Waals surface area contributed by atoms with Crippen LogP contribution in [-0.4, -0.2) is 12.3 Å². The van der Waals surface area contributed by atoms with Crippen molar-refractivity contribution >= 4 is 18.5 Å². The van der Waals surface area contributed by atoms with Crippen molar-refractivity contribution in [3.63, 3.8) is 0 Å². The van der Waals surface area contributed by atoms with Gasteiger partial charge in [0.15, 0.2) is 0 Å². The molecule has 0 bridgehead atoms. The van der Waals surface area contributed by atoms with Crippen LogP contribution in [0.2, 0.25) is 0 Å². The van der Waals surface area contributed by atoms with Gasteiger partial charge in [-0.15, -0.1) is 0 Å². The second-order valence-corrected chi connectivity index (χ2v) is 1.50. The van der Waals surface area contributed by atoms with Gasteiger partial charge in [0.2, 0.25) is 0 Å². The van der Waals surface area contributed by atoms with E-state index < -0.39 is 0 Å². The van der Waals surface area contributed by atoms with E-state index in [4.69, 9.17) is 0 Å². The third-order valence-corrected chi connectivity index (χ3v) is 1.12. The third kappa shape index (κ3) is 16.6. The molecule has 0 aromatic rings. The van der Waals surface area contributed by atoms with Crippen LogP contribution in [0.5, 0.6) is 0 Å². The predicted molar refractivity (Wildman–Crippen MR) is 26.4 cm³/mol. The number of rotatable bonds is 1. The van der Waals surface area contributed by atoms with E-state index in [-0.39, 0.29) is 37.7 Å². The first kappa shape index (κ1) is 15.7. The summed E-state index contributed by atoms with van der Waals surface area (Å²) in [6.45, 7) is 0. The zero-order valence-corrected chi connectivity index (χ0v) is 6.41. The van der Waals surface area contributed by atoms with Gasteiger partial charge >= 0.3 is 37.7 Å². The molecular formula is C2H6Li2P2. The van der Waals surface area contributed by atoms with Gasteiger partial charge in [-0.2, -0.15) is 0 Å². The van der Waals surface area contributed by atoms with Crippen LogP contribution in [0.1, 0.15) is 0 Å². The van der Waals surface area contributed by atoms with Crippen molar-refractivity contribution in [2.45, 2.75) is 0 Å². The maximum atomic E-state index is 3.24. The molecule has 4 heteroatoms. The molecule has 6 heavy (non-hydrogen) atoms. The van der Waals surface area contributed by atoms with Gasteiger partial charge in [-0.25, -0.2) is 12.3 Å². The largest absolute Gasteiger partial charge is 1.00 e. The van der Waals surface area contributed by atoms with Gasteiger partial charge in [-0.1, -0.05) is 0 Å². The average Bonchev–Trinajstić information content (AvgIpc) is 1.37. The first-order valence-corrected chi connectivity index (χ1v) is 2.62. The molecule has 0 nitrogen and oxygen atoms in total. The van der Waals surface area contributed by atoms with Gasteiger partial charge in [-0.3, -0.25) is 0 Å². The van der Waals surface area contributed by atoms with Crippen LogP contribution in [-0.2, 0) is 0 Å². The zero-order chi connectivity index (χ0) is 3.41. The molecule has 0 fully saturated rings. The molecule has 0 N–H and O–H groups in total. The summed E-state index contributed by atoms with van der Waals surface area (Å²) in [5, 5.41) is 0. The normalized spacial score (nSPS) is 5.00. The Balaban J connectivity index is -0.0000000450. The first-order valence-electron chi connectivity index (χ1n) is 1.21. The molecule has 0 spiro atoms. The van der Waals surface area contributed by atoms with Crippen molar-refractivity contribution in [3.8, 4) is 0 Å². The molecule has 0 aliphatic rings. The summed E-state index contributed by atoms with van der Waals surface area (Å²) in [4.78, 5) is 0. The fraction of sp³-hybridized carbons (Fsp3) is 1.00. The monoisotopic (exact) mass is 106 g/mol. The van der Waals surface area contributed by atoms with Gasteiger partial charge in [0.25, 0.3) is 0 Å². The molecule has 0 radical (unpaired) electrons. The first-order chi connectivity index (χ1) is 1.91. The summed E-state index contributed by atoms with van der Waals surface area (Å²) in [5.41, 5.74) is 0. The Labute approximate surface area is 68.4 Å². The maximum Gasteiger partial charge on any atom is 1.00 e. The molecule has 0 amide bonds. The summed E-state index contributed by atoms with van der Waals surface area (Å²) in [5.74, 6) is 0. The van der Waals surface area contributed by atoms with Crippen LogP contribution < -0.4 is 37.7 Å². The average molecular weight is 106 g/mol. The van der Waals surface area contributed by atoms with E-state index in [1.165, 1.54) is 0 Å². The number of hydrogen-bond donors (Lipinski definition) is 0. The van der Waals surface area contributed by atoms with Crippen LogP contribution >= 0.6 is 18.5 Å². The molecular weight excluding hydrogens is 99.9 g/mol. The van der Waals surface area contributed by atoms with Gasteiger partial charge in [-0.05, 0) is 0 Å². The molecule has 0 aromatic heterocycles. The van der Waals surface area contributed by atoms with Crippen molar-refractivity contribution in [2.75, 3.05) is 12.3 Å². The molecule has 0 aromatic carbocycles. The van der Waals surface area contributed by atoms with Crippen molar-refractivity contribution in [1.82, 2.24) is 0 Å². The summed E-state index contributed by atoms with van der Waals surface area (Å²) < 4.78 is 0. The minimum atomic E-state index is 0. The Morgan fingerprint density at radius 3 is 1.00 bits per heavy atom. The molecule has 0 heterocycles. The second kappa shape index (κ2) is 15.7. The van der Waals surface area contributed by atoms with Gasteiger partial charge in [0.1, 0.15) is 0 Å². The molecule has 0 aliphatic heterocycles. The number of hydrogen-bond acceptors (Lipinski definition) is 0. The quantitative estimate of drug-likeness (QED) is 0.232. The minimum Gasteiger partial charge on any atom is -0.561 e. The Morgan fingerprint density at radius 1 is 0.833 bits per heavy atom. The van der Waals surface area contributed by atoms with E-state index in [2.05, 4.69) is 18.5 Å². The second-order valence-electron chi connectivity index (χ2n) is 0.500. The van der Waals surface area contributed by atoms with E-state index in [1.54, 1.807) is 0 Å². The molecule has 0 saturated heterocycles. The predicted octanol–water partition coefficient (Wildman–Crippen LogP) is -4.72. The summed E-state index contributed by atoms with van der Waals surface area (Å²) in [7, 11) is 6.48. The van der Waals surface area contributed by atoms with Crippen LogP contribution in [0.15, 0.2) is 0 Å². The fourth-order valence-electron chi connectivity index (χ4n) is 0. The van der Waals surface area contributed by atoms with Crippen molar-refractivity contribution < 1.29 is 37.7 Å². The third-order valence-electron chi connectivity index (χ3n) is 0.125. The van der Waals surface area contributed by atoms with Crippen molar-refractivity contribution in [3.05, 3.63) is 0 Å². The summed E-state index contributed by atoms with van der Waals surface area (Å²) >= 11 is 0. The van der Waals surface area contributed by atoms with E-state index in [1.807, 2.05) is 0 Å². The Kier molecular flexibility index (Phi) is 41.1. The molecule has 0 atom stereocenters. The standard InChI is InChI=1S/C2H6P2.2Li/c3-1-2-4;;/h3-4H,1-2H2;;/q-2;2*+1. The summed E-state index contributed by atoms with van der Waals surface area (Å²) in [6, 6.07) is 0. The molecule has 0 unspecified atom stereocenters. The van der Waals surface area contributed by atoms with E-state index in [0.29, 0.717) is 0 Å². The SMILES string of the molecule is [Li+].[Li+].[PH-]CC[PH-]. The Hall–Kier alpha value is 2.05. The van der Waals surface area contributed by atoms with Crippen molar-refractivity contribution in [1.29, 1.82) is 0 Å². The smallest absolute Gasteiger partial charge is 0.561 e. The van der Waals surface area contributed by atoms with Crippen LogP contribution in [0.4, 0.5) is 0 Å².